The van der Waals surface area contributed by atoms with Crippen LogP contribution in [0.1, 0.15) is 43.7 Å². The molecule has 0 bridgehead atoms. The van der Waals surface area contributed by atoms with Gasteiger partial charge >= 0.3 is 0 Å². The monoisotopic (exact) mass is 222 g/mol. The van der Waals surface area contributed by atoms with Gasteiger partial charge in [-0.1, -0.05) is 27.7 Å². The molecule has 0 amide bonds. The molecule has 0 atom stereocenters. The van der Waals surface area contributed by atoms with E-state index in [9.17, 15) is 9.59 Å². The molecule has 0 unspecified atom stereocenters. The number of carbonyl (C=O) groups is 2. The first-order chi connectivity index (χ1) is 7.43. The number of ketones is 2. The zero-order chi connectivity index (χ0) is 12.3. The van der Waals surface area contributed by atoms with Crippen molar-refractivity contribution in [1.29, 1.82) is 0 Å². The van der Waals surface area contributed by atoms with Crippen molar-refractivity contribution < 1.29 is 9.59 Å². The summed E-state index contributed by atoms with van der Waals surface area (Å²) in [6.07, 6.45) is 1.81. The van der Waals surface area contributed by atoms with E-state index >= 15 is 0 Å². The first-order valence-electron chi connectivity index (χ1n) is 5.53. The highest BCUT2D eigenvalue weighted by Crippen LogP contribution is 2.13. The van der Waals surface area contributed by atoms with Crippen LogP contribution in [-0.4, -0.2) is 21.8 Å². The number of carbonyl (C=O) groups excluding carboxylic acids is 2. The molecule has 0 spiro atoms. The Balaban J connectivity index is 2.87. The third kappa shape index (κ3) is 2.78. The molecule has 0 aromatic carbocycles. The summed E-state index contributed by atoms with van der Waals surface area (Å²) < 4.78 is 0. The molecule has 0 saturated heterocycles. The van der Waals surface area contributed by atoms with Crippen LogP contribution in [0.2, 0.25) is 0 Å². The number of aromatic nitrogens is 2. The minimum Gasteiger partial charge on any atom is -0.299 e. The van der Waals surface area contributed by atoms with Gasteiger partial charge in [-0.3, -0.25) is 14.7 Å². The molecule has 0 aliphatic carbocycles. The Morgan fingerprint density at radius 2 is 1.88 bits per heavy atom. The number of hydrogen-bond acceptors (Lipinski definition) is 3. The molecule has 0 aliphatic heterocycles. The van der Waals surface area contributed by atoms with Crippen LogP contribution in [-0.2, 0) is 11.2 Å². The molecular formula is C12H18N2O2. The molecule has 16 heavy (non-hydrogen) atoms. The Kier molecular flexibility index (Phi) is 3.99. The predicted molar refractivity (Wildman–Crippen MR) is 61.3 cm³/mol. The van der Waals surface area contributed by atoms with Gasteiger partial charge in [0.25, 0.3) is 0 Å². The minimum atomic E-state index is -0.0782. The number of aromatic amines is 1. The summed E-state index contributed by atoms with van der Waals surface area (Å²) in [7, 11) is 0. The van der Waals surface area contributed by atoms with Crippen LogP contribution in [0.3, 0.4) is 0 Å². The molecule has 0 radical (unpaired) electrons. The summed E-state index contributed by atoms with van der Waals surface area (Å²) in [4.78, 5) is 23.4. The maximum absolute atomic E-state index is 11.8. The number of rotatable bonds is 5. The predicted octanol–water partition coefficient (Wildman–Crippen LogP) is 2.02. The quantitative estimate of drug-likeness (QED) is 0.775. The van der Waals surface area contributed by atoms with Crippen LogP contribution >= 0.6 is 0 Å². The first-order valence-corrected chi connectivity index (χ1v) is 5.53. The molecule has 88 valence electrons. The fourth-order valence-electron chi connectivity index (χ4n) is 1.35. The Morgan fingerprint density at radius 1 is 1.25 bits per heavy atom. The van der Waals surface area contributed by atoms with Crippen molar-refractivity contribution in [3.8, 4) is 0 Å². The number of nitrogens with zero attached hydrogens (tertiary/aromatic N) is 1. The highest BCUT2D eigenvalue weighted by molar-refractivity contribution is 5.99. The number of Topliss-reactive ketones (excluding diaryl/α,β-unsaturated/α-hetero) is 2. The lowest BCUT2D eigenvalue weighted by molar-refractivity contribution is -0.121. The summed E-state index contributed by atoms with van der Waals surface area (Å²) in [6, 6.07) is 0. The molecule has 1 N–H and O–H groups in total. The van der Waals surface area contributed by atoms with Crippen molar-refractivity contribution in [2.75, 3.05) is 0 Å². The molecular weight excluding hydrogens is 204 g/mol. The molecule has 1 aromatic heterocycles. The fraction of sp³-hybridized carbons (Fsp3) is 0.583. The van der Waals surface area contributed by atoms with Crippen molar-refractivity contribution in [3.05, 3.63) is 17.5 Å². The van der Waals surface area contributed by atoms with Gasteiger partial charge in [-0.15, -0.1) is 0 Å². The number of H-pyrrole nitrogens is 1. The average Bonchev–Trinajstić information content (AvgIpc) is 2.64. The normalized spacial score (nSPS) is 11.1. The highest BCUT2D eigenvalue weighted by atomic mass is 16.1. The third-order valence-corrected chi connectivity index (χ3v) is 2.49. The second kappa shape index (κ2) is 5.05. The van der Waals surface area contributed by atoms with Gasteiger partial charge in [-0.2, -0.15) is 5.10 Å². The summed E-state index contributed by atoms with van der Waals surface area (Å²) in [5.74, 6) is 0.0226. The van der Waals surface area contributed by atoms with E-state index in [1.165, 1.54) is 0 Å². The fourth-order valence-corrected chi connectivity index (χ4v) is 1.35. The smallest absolute Gasteiger partial charge is 0.168 e. The van der Waals surface area contributed by atoms with Crippen LogP contribution < -0.4 is 0 Å². The van der Waals surface area contributed by atoms with Crippen LogP contribution in [0.4, 0.5) is 0 Å². The Morgan fingerprint density at radius 3 is 2.38 bits per heavy atom. The van der Waals surface area contributed by atoms with Gasteiger partial charge in [-0.05, 0) is 0 Å². The molecule has 1 rings (SSSR count). The topological polar surface area (TPSA) is 62.8 Å². The lowest BCUT2D eigenvalue weighted by Crippen LogP contribution is -2.15. The van der Waals surface area contributed by atoms with Crippen LogP contribution in [0, 0.1) is 11.8 Å². The summed E-state index contributed by atoms with van der Waals surface area (Å²) >= 11 is 0. The Labute approximate surface area is 95.4 Å². The maximum Gasteiger partial charge on any atom is 0.168 e. The summed E-state index contributed by atoms with van der Waals surface area (Å²) in [6.45, 7) is 7.37. The molecule has 1 aromatic rings. The number of nitrogens with one attached hydrogen (secondary N) is 1. The maximum atomic E-state index is 11.8. The van der Waals surface area contributed by atoms with Crippen molar-refractivity contribution in [2.45, 2.75) is 34.1 Å². The van der Waals surface area contributed by atoms with E-state index < -0.39 is 0 Å². The van der Waals surface area contributed by atoms with Crippen molar-refractivity contribution in [1.82, 2.24) is 10.2 Å². The van der Waals surface area contributed by atoms with Crippen molar-refractivity contribution >= 4 is 11.6 Å². The standard InChI is InChI=1S/C12H18N2O2/c1-7(2)11(15)5-10-9(6-13-14-10)12(16)8(3)4/h6-8H,5H2,1-4H3,(H,13,14). The minimum absolute atomic E-state index is 0.0281. The molecule has 0 aliphatic rings. The largest absolute Gasteiger partial charge is 0.299 e. The third-order valence-electron chi connectivity index (χ3n) is 2.49. The van der Waals surface area contributed by atoms with Gasteiger partial charge in [0.05, 0.1) is 17.7 Å². The number of hydrogen-bond donors (Lipinski definition) is 1. The van der Waals surface area contributed by atoms with E-state index in [1.54, 1.807) is 6.20 Å². The SMILES string of the molecule is CC(C)C(=O)Cc1n[nH]cc1C(=O)C(C)C. The second-order valence-electron chi connectivity index (χ2n) is 4.56. The van der Waals surface area contributed by atoms with Gasteiger partial charge in [-0.25, -0.2) is 0 Å². The lowest BCUT2D eigenvalue weighted by atomic mass is 9.97. The summed E-state index contributed by atoms with van der Waals surface area (Å²) in [5.41, 5.74) is 1.11. The average molecular weight is 222 g/mol. The van der Waals surface area contributed by atoms with Gasteiger partial charge in [0.2, 0.25) is 0 Å². The molecule has 1 heterocycles. The first kappa shape index (κ1) is 12.6. The molecule has 4 heteroatoms. The van der Waals surface area contributed by atoms with E-state index in [2.05, 4.69) is 10.2 Å². The molecule has 0 saturated carbocycles. The zero-order valence-electron chi connectivity index (χ0n) is 10.2. The van der Waals surface area contributed by atoms with E-state index in [4.69, 9.17) is 0 Å². The van der Waals surface area contributed by atoms with Gasteiger partial charge in [0, 0.05) is 18.0 Å². The van der Waals surface area contributed by atoms with Gasteiger partial charge < -0.3 is 0 Å². The lowest BCUT2D eigenvalue weighted by Gasteiger charge is -2.05. The zero-order valence-corrected chi connectivity index (χ0v) is 10.2. The van der Waals surface area contributed by atoms with Crippen LogP contribution in [0.25, 0.3) is 0 Å². The van der Waals surface area contributed by atoms with E-state index in [-0.39, 0.29) is 29.8 Å². The highest BCUT2D eigenvalue weighted by Gasteiger charge is 2.19. The van der Waals surface area contributed by atoms with Crippen molar-refractivity contribution in [2.24, 2.45) is 11.8 Å². The van der Waals surface area contributed by atoms with Crippen LogP contribution in [0.15, 0.2) is 6.20 Å². The Bertz CT molecular complexity index is 391. The van der Waals surface area contributed by atoms with Gasteiger partial charge in [0.15, 0.2) is 5.78 Å². The van der Waals surface area contributed by atoms with Crippen molar-refractivity contribution in [3.63, 3.8) is 0 Å². The van der Waals surface area contributed by atoms with Gasteiger partial charge in [0.1, 0.15) is 5.78 Å². The molecule has 4 nitrogen and oxygen atoms in total. The molecule has 0 fully saturated rings. The second-order valence-corrected chi connectivity index (χ2v) is 4.56. The van der Waals surface area contributed by atoms with Crippen LogP contribution in [0.5, 0.6) is 0 Å². The summed E-state index contributed by atoms with van der Waals surface area (Å²) in [5, 5.41) is 6.63. The van der Waals surface area contributed by atoms with E-state index in [0.717, 1.165) is 0 Å². The van der Waals surface area contributed by atoms with E-state index in [0.29, 0.717) is 11.3 Å². The Hall–Kier alpha value is -1.45. The van der Waals surface area contributed by atoms with E-state index in [1.807, 2.05) is 27.7 Å².